The highest BCUT2D eigenvalue weighted by molar-refractivity contribution is 5.47. The molecule has 0 aliphatic heterocycles. The van der Waals surface area contributed by atoms with Gasteiger partial charge in [-0.15, -0.1) is 0 Å². The molecule has 0 spiro atoms. The van der Waals surface area contributed by atoms with Gasteiger partial charge in [0, 0.05) is 18.3 Å². The first-order valence-electron chi connectivity index (χ1n) is 4.39. The zero-order valence-corrected chi connectivity index (χ0v) is 8.25. The van der Waals surface area contributed by atoms with Crippen molar-refractivity contribution in [3.8, 4) is 5.75 Å². The van der Waals surface area contributed by atoms with E-state index in [4.69, 9.17) is 9.84 Å². The molecule has 1 unspecified atom stereocenters. The minimum absolute atomic E-state index is 0.215. The maximum atomic E-state index is 13.1. The van der Waals surface area contributed by atoms with Crippen molar-refractivity contribution in [3.05, 3.63) is 24.0 Å². The van der Waals surface area contributed by atoms with Gasteiger partial charge in [-0.25, -0.2) is 4.39 Å². The Hall–Kier alpha value is -1.29. The molecule has 78 valence electrons. The molecule has 14 heavy (non-hydrogen) atoms. The quantitative estimate of drug-likeness (QED) is 0.774. The van der Waals surface area contributed by atoms with Crippen LogP contribution in [0.25, 0.3) is 0 Å². The lowest BCUT2D eigenvalue weighted by atomic mass is 10.2. The summed E-state index contributed by atoms with van der Waals surface area (Å²) < 4.78 is 17.9. The molecule has 0 amide bonds. The summed E-state index contributed by atoms with van der Waals surface area (Å²) in [6.45, 7) is 2.05. The third kappa shape index (κ3) is 2.88. The number of aliphatic hydroxyl groups is 1. The lowest BCUT2D eigenvalue weighted by Crippen LogP contribution is -2.15. The molecule has 0 aromatic heterocycles. The van der Waals surface area contributed by atoms with E-state index in [0.717, 1.165) is 0 Å². The number of methoxy groups -OCH3 is 1. The van der Waals surface area contributed by atoms with Gasteiger partial charge in [0.05, 0.1) is 13.2 Å². The summed E-state index contributed by atoms with van der Waals surface area (Å²) in [5.74, 6) is -0.198. The maximum Gasteiger partial charge on any atom is 0.167 e. The molecule has 1 rings (SSSR count). The third-order valence-corrected chi connectivity index (χ3v) is 1.75. The van der Waals surface area contributed by atoms with Gasteiger partial charge in [0.1, 0.15) is 0 Å². The van der Waals surface area contributed by atoms with E-state index in [1.807, 2.05) is 0 Å². The second-order valence-corrected chi connectivity index (χ2v) is 3.08. The van der Waals surface area contributed by atoms with E-state index in [9.17, 15) is 4.39 Å². The number of hydrogen-bond donors (Lipinski definition) is 2. The minimum Gasteiger partial charge on any atom is -0.494 e. The predicted molar refractivity (Wildman–Crippen MR) is 53.1 cm³/mol. The van der Waals surface area contributed by atoms with Crippen LogP contribution < -0.4 is 10.1 Å². The van der Waals surface area contributed by atoms with Crippen molar-refractivity contribution in [3.63, 3.8) is 0 Å². The van der Waals surface area contributed by atoms with Gasteiger partial charge < -0.3 is 15.2 Å². The van der Waals surface area contributed by atoms with Crippen LogP contribution in [0.3, 0.4) is 0 Å². The second kappa shape index (κ2) is 4.81. The molecule has 0 saturated heterocycles. The number of rotatable bonds is 4. The number of benzene rings is 1. The molecule has 0 bridgehead atoms. The Morgan fingerprint density at radius 2 is 2.29 bits per heavy atom. The van der Waals surface area contributed by atoms with Crippen LogP contribution in [0.1, 0.15) is 6.92 Å². The molecule has 0 fully saturated rings. The number of hydrogen-bond acceptors (Lipinski definition) is 3. The highest BCUT2D eigenvalue weighted by Gasteiger charge is 2.03. The molecule has 0 radical (unpaired) electrons. The first-order valence-corrected chi connectivity index (χ1v) is 4.39. The minimum atomic E-state index is -0.458. The van der Waals surface area contributed by atoms with Crippen LogP contribution in [0.15, 0.2) is 18.2 Å². The monoisotopic (exact) mass is 199 g/mol. The highest BCUT2D eigenvalue weighted by Crippen LogP contribution is 2.20. The number of halogens is 1. The largest absolute Gasteiger partial charge is 0.494 e. The van der Waals surface area contributed by atoms with Crippen LogP contribution in [0.5, 0.6) is 5.75 Å². The van der Waals surface area contributed by atoms with E-state index in [1.54, 1.807) is 19.1 Å². The molecule has 0 saturated carbocycles. The number of anilines is 1. The molecule has 2 N–H and O–H groups in total. The highest BCUT2D eigenvalue weighted by atomic mass is 19.1. The Labute approximate surface area is 82.5 Å². The third-order valence-electron chi connectivity index (χ3n) is 1.75. The smallest absolute Gasteiger partial charge is 0.167 e. The summed E-state index contributed by atoms with van der Waals surface area (Å²) >= 11 is 0. The van der Waals surface area contributed by atoms with Crippen molar-refractivity contribution in [2.24, 2.45) is 0 Å². The van der Waals surface area contributed by atoms with Gasteiger partial charge in [0.15, 0.2) is 11.6 Å². The molecule has 4 heteroatoms. The van der Waals surface area contributed by atoms with E-state index < -0.39 is 11.9 Å². The summed E-state index contributed by atoms with van der Waals surface area (Å²) in [4.78, 5) is 0. The van der Waals surface area contributed by atoms with E-state index >= 15 is 0 Å². The van der Waals surface area contributed by atoms with Crippen molar-refractivity contribution < 1.29 is 14.2 Å². The van der Waals surface area contributed by atoms with Gasteiger partial charge >= 0.3 is 0 Å². The molecule has 3 nitrogen and oxygen atoms in total. The molecule has 1 aromatic rings. The molecule has 0 heterocycles. The van der Waals surface area contributed by atoms with Crippen LogP contribution in [0, 0.1) is 5.82 Å². The lowest BCUT2D eigenvalue weighted by molar-refractivity contribution is 0.208. The Kier molecular flexibility index (Phi) is 3.71. The average molecular weight is 199 g/mol. The van der Waals surface area contributed by atoms with E-state index in [1.165, 1.54) is 13.2 Å². The van der Waals surface area contributed by atoms with Crippen LogP contribution in [0.2, 0.25) is 0 Å². The topological polar surface area (TPSA) is 41.5 Å². The summed E-state index contributed by atoms with van der Waals surface area (Å²) in [7, 11) is 1.42. The Bertz CT molecular complexity index is 302. The van der Waals surface area contributed by atoms with Crippen molar-refractivity contribution in [1.29, 1.82) is 0 Å². The van der Waals surface area contributed by atoms with Crippen LogP contribution in [-0.4, -0.2) is 24.9 Å². The first kappa shape index (κ1) is 10.8. The van der Waals surface area contributed by atoms with Gasteiger partial charge in [-0.3, -0.25) is 0 Å². The van der Waals surface area contributed by atoms with Crippen molar-refractivity contribution >= 4 is 5.69 Å². The first-order chi connectivity index (χ1) is 6.63. The van der Waals surface area contributed by atoms with Gasteiger partial charge in [0.2, 0.25) is 0 Å². The van der Waals surface area contributed by atoms with Gasteiger partial charge in [-0.05, 0) is 19.1 Å². The van der Waals surface area contributed by atoms with E-state index in [-0.39, 0.29) is 5.75 Å². The fraction of sp³-hybridized carbons (Fsp3) is 0.400. The van der Waals surface area contributed by atoms with Crippen molar-refractivity contribution in [2.45, 2.75) is 13.0 Å². The van der Waals surface area contributed by atoms with Gasteiger partial charge in [0.25, 0.3) is 0 Å². The van der Waals surface area contributed by atoms with Crippen LogP contribution in [0.4, 0.5) is 10.1 Å². The Morgan fingerprint density at radius 3 is 2.79 bits per heavy atom. The fourth-order valence-electron chi connectivity index (χ4n) is 1.04. The summed E-state index contributed by atoms with van der Waals surface area (Å²) in [6, 6.07) is 4.57. The number of ether oxygens (including phenoxy) is 1. The van der Waals surface area contributed by atoms with Gasteiger partial charge in [-0.1, -0.05) is 0 Å². The van der Waals surface area contributed by atoms with Crippen molar-refractivity contribution in [2.75, 3.05) is 19.0 Å². The predicted octanol–water partition coefficient (Wildman–Crippen LogP) is 1.63. The Balaban J connectivity index is 2.66. The zero-order valence-electron chi connectivity index (χ0n) is 8.25. The normalized spacial score (nSPS) is 12.3. The number of nitrogens with one attached hydrogen (secondary N) is 1. The zero-order chi connectivity index (χ0) is 10.6. The fourth-order valence-corrected chi connectivity index (χ4v) is 1.04. The molecule has 1 atom stereocenters. The molecule has 0 aliphatic rings. The molecular formula is C10H14FNO2. The van der Waals surface area contributed by atoms with Gasteiger partial charge in [-0.2, -0.15) is 0 Å². The number of aliphatic hydroxyl groups excluding tert-OH is 1. The average Bonchev–Trinajstić information content (AvgIpc) is 2.15. The van der Waals surface area contributed by atoms with Crippen molar-refractivity contribution in [1.82, 2.24) is 0 Å². The second-order valence-electron chi connectivity index (χ2n) is 3.08. The molecular weight excluding hydrogens is 185 g/mol. The maximum absolute atomic E-state index is 13.1. The SMILES string of the molecule is COc1ccc(NCC(C)O)cc1F. The summed E-state index contributed by atoms with van der Waals surface area (Å²) in [6.07, 6.45) is -0.458. The van der Waals surface area contributed by atoms with Crippen LogP contribution in [-0.2, 0) is 0 Å². The van der Waals surface area contributed by atoms with Crippen LogP contribution >= 0.6 is 0 Å². The standard InChI is InChI=1S/C10H14FNO2/c1-7(13)6-12-8-3-4-10(14-2)9(11)5-8/h3-5,7,12-13H,6H2,1-2H3. The van der Waals surface area contributed by atoms with E-state index in [0.29, 0.717) is 12.2 Å². The lowest BCUT2D eigenvalue weighted by Gasteiger charge is -2.09. The summed E-state index contributed by atoms with van der Waals surface area (Å²) in [5, 5.41) is 11.9. The summed E-state index contributed by atoms with van der Waals surface area (Å²) in [5.41, 5.74) is 0.629. The Morgan fingerprint density at radius 1 is 1.57 bits per heavy atom. The molecule has 0 aliphatic carbocycles. The molecule has 1 aromatic carbocycles. The van der Waals surface area contributed by atoms with E-state index in [2.05, 4.69) is 5.32 Å².